The van der Waals surface area contributed by atoms with Crippen LogP contribution in [-0.4, -0.2) is 16.1 Å². The number of nitrogens with zero attached hydrogens (tertiary/aromatic N) is 1. The van der Waals surface area contributed by atoms with Gasteiger partial charge in [0.2, 0.25) is 0 Å². The Kier molecular flexibility index (Phi) is 2.86. The first-order chi connectivity index (χ1) is 10.8. The minimum Gasteiger partial charge on any atom is -0.321 e. The topological polar surface area (TPSA) is 57.8 Å². The molecule has 2 N–H and O–H groups in total. The molecule has 4 aromatic rings. The molecule has 1 amide bonds. The number of nitrogens with one attached hydrogen (secondary N) is 2. The number of amides is 1. The number of H-pyrrole nitrogens is 1. The van der Waals surface area contributed by atoms with Crippen molar-refractivity contribution in [3.05, 3.63) is 72.4 Å². The van der Waals surface area contributed by atoms with Crippen LogP contribution in [0.15, 0.2) is 66.9 Å². The van der Waals surface area contributed by atoms with Crippen molar-refractivity contribution in [2.24, 2.45) is 0 Å². The number of hydrogen-bond acceptors (Lipinski definition) is 2. The molecule has 0 fully saturated rings. The molecule has 0 radical (unpaired) electrons. The Morgan fingerprint density at radius 1 is 0.909 bits per heavy atom. The molecule has 0 saturated carbocycles. The summed E-state index contributed by atoms with van der Waals surface area (Å²) in [5.74, 6) is -0.147. The molecule has 0 aliphatic rings. The smallest absolute Gasteiger partial charge is 0.257 e. The fraction of sp³-hybridized carbons (Fsp3) is 0. The van der Waals surface area contributed by atoms with Crippen LogP contribution in [0.25, 0.3) is 21.7 Å². The molecule has 4 rings (SSSR count). The number of aromatic amines is 1. The van der Waals surface area contributed by atoms with Crippen LogP contribution in [0.2, 0.25) is 0 Å². The summed E-state index contributed by atoms with van der Waals surface area (Å²) in [7, 11) is 0. The van der Waals surface area contributed by atoms with Gasteiger partial charge in [0, 0.05) is 16.5 Å². The summed E-state index contributed by atoms with van der Waals surface area (Å²) in [5, 5.41) is 12.9. The number of benzene rings is 3. The van der Waals surface area contributed by atoms with Crippen LogP contribution in [0.5, 0.6) is 0 Å². The first kappa shape index (κ1) is 12.6. The van der Waals surface area contributed by atoms with Gasteiger partial charge in [0.25, 0.3) is 5.91 Å². The van der Waals surface area contributed by atoms with E-state index < -0.39 is 0 Å². The number of anilines is 1. The maximum Gasteiger partial charge on any atom is 0.257 e. The minimum atomic E-state index is -0.147. The Labute approximate surface area is 126 Å². The molecule has 0 unspecified atom stereocenters. The van der Waals surface area contributed by atoms with Gasteiger partial charge in [-0.15, -0.1) is 0 Å². The van der Waals surface area contributed by atoms with Crippen molar-refractivity contribution in [3.8, 4) is 0 Å². The van der Waals surface area contributed by atoms with Crippen LogP contribution >= 0.6 is 0 Å². The van der Waals surface area contributed by atoms with Crippen LogP contribution in [0.1, 0.15) is 10.4 Å². The Bertz CT molecular complexity index is 982. The molecule has 3 aromatic carbocycles. The second kappa shape index (κ2) is 5.00. The molecule has 4 nitrogen and oxygen atoms in total. The Balaban J connectivity index is 1.76. The molecule has 0 spiro atoms. The number of carbonyl (C=O) groups is 1. The molecular weight excluding hydrogens is 274 g/mol. The maximum absolute atomic E-state index is 12.6. The van der Waals surface area contributed by atoms with Gasteiger partial charge in [-0.2, -0.15) is 5.10 Å². The molecular formula is C18H13N3O. The van der Waals surface area contributed by atoms with E-state index in [1.807, 2.05) is 54.6 Å². The molecule has 22 heavy (non-hydrogen) atoms. The summed E-state index contributed by atoms with van der Waals surface area (Å²) >= 11 is 0. The summed E-state index contributed by atoms with van der Waals surface area (Å²) in [6.45, 7) is 0. The van der Waals surface area contributed by atoms with Gasteiger partial charge in [-0.1, -0.05) is 48.5 Å². The zero-order valence-electron chi connectivity index (χ0n) is 11.7. The summed E-state index contributed by atoms with van der Waals surface area (Å²) < 4.78 is 0. The molecule has 0 bridgehead atoms. The summed E-state index contributed by atoms with van der Waals surface area (Å²) in [6, 6.07) is 19.4. The lowest BCUT2D eigenvalue weighted by Gasteiger charge is -2.09. The van der Waals surface area contributed by atoms with Crippen molar-refractivity contribution in [1.82, 2.24) is 10.2 Å². The summed E-state index contributed by atoms with van der Waals surface area (Å²) in [5.41, 5.74) is 2.14. The predicted octanol–water partition coefficient (Wildman–Crippen LogP) is 3.97. The first-order valence-corrected chi connectivity index (χ1v) is 7.04. The number of para-hydroxylation sites is 1. The maximum atomic E-state index is 12.6. The van der Waals surface area contributed by atoms with E-state index >= 15 is 0 Å². The van der Waals surface area contributed by atoms with Gasteiger partial charge in [-0.05, 0) is 17.5 Å². The second-order valence-electron chi connectivity index (χ2n) is 5.12. The van der Waals surface area contributed by atoms with Crippen molar-refractivity contribution in [2.75, 3.05) is 5.32 Å². The fourth-order valence-electron chi connectivity index (χ4n) is 2.68. The van der Waals surface area contributed by atoms with Gasteiger partial charge in [0.15, 0.2) is 0 Å². The van der Waals surface area contributed by atoms with Crippen molar-refractivity contribution >= 4 is 33.3 Å². The van der Waals surface area contributed by atoms with E-state index in [0.29, 0.717) is 5.56 Å². The van der Waals surface area contributed by atoms with Gasteiger partial charge in [-0.3, -0.25) is 9.89 Å². The van der Waals surface area contributed by atoms with Crippen molar-refractivity contribution in [1.29, 1.82) is 0 Å². The lowest BCUT2D eigenvalue weighted by atomic mass is 10.1. The van der Waals surface area contributed by atoms with Gasteiger partial charge in [0.1, 0.15) is 0 Å². The third-order valence-electron chi connectivity index (χ3n) is 3.76. The highest BCUT2D eigenvalue weighted by Crippen LogP contribution is 2.24. The van der Waals surface area contributed by atoms with E-state index in [0.717, 1.165) is 27.4 Å². The lowest BCUT2D eigenvalue weighted by molar-refractivity contribution is 0.102. The third kappa shape index (κ3) is 2.02. The SMILES string of the molecule is O=C(Nc1cccc2ccccc12)c1cccc2cn[nH]c12. The van der Waals surface area contributed by atoms with Crippen molar-refractivity contribution < 1.29 is 4.79 Å². The Hall–Kier alpha value is -3.14. The second-order valence-corrected chi connectivity index (χ2v) is 5.12. The highest BCUT2D eigenvalue weighted by Gasteiger charge is 2.12. The standard InChI is InChI=1S/C18H13N3O/c22-18(15-9-3-7-13-11-19-21-17(13)15)20-16-10-4-6-12-5-1-2-8-14(12)16/h1-11H,(H,19,21)(H,20,22). The van der Waals surface area contributed by atoms with Crippen LogP contribution in [0, 0.1) is 0 Å². The van der Waals surface area contributed by atoms with E-state index in [1.54, 1.807) is 12.3 Å². The van der Waals surface area contributed by atoms with Crippen LogP contribution in [-0.2, 0) is 0 Å². The largest absolute Gasteiger partial charge is 0.321 e. The number of aromatic nitrogens is 2. The normalized spacial score (nSPS) is 10.9. The van der Waals surface area contributed by atoms with Gasteiger partial charge < -0.3 is 5.32 Å². The van der Waals surface area contributed by atoms with E-state index in [-0.39, 0.29) is 5.91 Å². The molecule has 1 aromatic heterocycles. The Morgan fingerprint density at radius 3 is 2.64 bits per heavy atom. The van der Waals surface area contributed by atoms with Crippen molar-refractivity contribution in [3.63, 3.8) is 0 Å². The molecule has 106 valence electrons. The van der Waals surface area contributed by atoms with E-state index in [4.69, 9.17) is 0 Å². The zero-order valence-corrected chi connectivity index (χ0v) is 11.7. The monoisotopic (exact) mass is 287 g/mol. The van der Waals surface area contributed by atoms with Gasteiger partial charge >= 0.3 is 0 Å². The summed E-state index contributed by atoms with van der Waals surface area (Å²) in [6.07, 6.45) is 1.71. The molecule has 0 aliphatic carbocycles. The summed E-state index contributed by atoms with van der Waals surface area (Å²) in [4.78, 5) is 12.6. The van der Waals surface area contributed by atoms with Crippen LogP contribution in [0.3, 0.4) is 0 Å². The average molecular weight is 287 g/mol. The van der Waals surface area contributed by atoms with E-state index in [9.17, 15) is 4.79 Å². The number of hydrogen-bond donors (Lipinski definition) is 2. The fourth-order valence-corrected chi connectivity index (χ4v) is 2.68. The number of fused-ring (bicyclic) bond motifs is 2. The predicted molar refractivity (Wildman–Crippen MR) is 88.0 cm³/mol. The third-order valence-corrected chi connectivity index (χ3v) is 3.76. The van der Waals surface area contributed by atoms with Crippen molar-refractivity contribution in [2.45, 2.75) is 0 Å². The molecule has 4 heteroatoms. The minimum absolute atomic E-state index is 0.147. The first-order valence-electron chi connectivity index (χ1n) is 7.04. The molecule has 0 aliphatic heterocycles. The highest BCUT2D eigenvalue weighted by molar-refractivity contribution is 6.14. The molecule has 1 heterocycles. The van der Waals surface area contributed by atoms with Gasteiger partial charge in [-0.25, -0.2) is 0 Å². The average Bonchev–Trinajstić information content (AvgIpc) is 3.03. The van der Waals surface area contributed by atoms with Crippen LogP contribution in [0.4, 0.5) is 5.69 Å². The molecule has 0 saturated heterocycles. The van der Waals surface area contributed by atoms with E-state index in [2.05, 4.69) is 15.5 Å². The number of rotatable bonds is 2. The van der Waals surface area contributed by atoms with Crippen LogP contribution < -0.4 is 5.32 Å². The molecule has 0 atom stereocenters. The van der Waals surface area contributed by atoms with E-state index in [1.165, 1.54) is 0 Å². The quantitative estimate of drug-likeness (QED) is 0.586. The lowest BCUT2D eigenvalue weighted by Crippen LogP contribution is -2.12. The zero-order chi connectivity index (χ0) is 14.9. The number of carbonyl (C=O) groups excluding carboxylic acids is 1. The highest BCUT2D eigenvalue weighted by atomic mass is 16.1. The van der Waals surface area contributed by atoms with Gasteiger partial charge in [0.05, 0.1) is 17.3 Å². The Morgan fingerprint density at radius 2 is 1.68 bits per heavy atom.